The lowest BCUT2D eigenvalue weighted by Crippen LogP contribution is -2.31. The van der Waals surface area contributed by atoms with Crippen LogP contribution in [0.1, 0.15) is 58.1 Å². The molecule has 0 radical (unpaired) electrons. The molecule has 210 valence electrons. The van der Waals surface area contributed by atoms with E-state index in [0.29, 0.717) is 34.7 Å². The van der Waals surface area contributed by atoms with E-state index in [2.05, 4.69) is 29.2 Å². The number of rotatable bonds is 11. The van der Waals surface area contributed by atoms with E-state index in [9.17, 15) is 13.2 Å². The molecule has 4 rings (SSSR count). The number of furan rings is 1. The van der Waals surface area contributed by atoms with Gasteiger partial charge in [0.1, 0.15) is 17.8 Å². The van der Waals surface area contributed by atoms with E-state index >= 15 is 0 Å². The van der Waals surface area contributed by atoms with Gasteiger partial charge in [0.25, 0.3) is 5.91 Å². The third-order valence-electron chi connectivity index (χ3n) is 7.25. The molecule has 0 atom stereocenters. The molecule has 1 amide bonds. The van der Waals surface area contributed by atoms with Gasteiger partial charge in [-0.2, -0.15) is 4.31 Å². The Morgan fingerprint density at radius 3 is 2.21 bits per heavy atom. The zero-order valence-electron chi connectivity index (χ0n) is 23.6. The molecule has 8 nitrogen and oxygen atoms in total. The number of benzene rings is 2. The second-order valence-electron chi connectivity index (χ2n) is 10.3. The third-order valence-corrected chi connectivity index (χ3v) is 9.47. The largest absolute Gasteiger partial charge is 0.497 e. The van der Waals surface area contributed by atoms with Crippen LogP contribution in [0.25, 0.3) is 0 Å². The molecule has 0 unspecified atom stereocenters. The van der Waals surface area contributed by atoms with Crippen molar-refractivity contribution in [3.05, 3.63) is 82.3 Å². The second-order valence-corrected chi connectivity index (χ2v) is 12.2. The van der Waals surface area contributed by atoms with Gasteiger partial charge in [-0.1, -0.05) is 31.2 Å². The van der Waals surface area contributed by atoms with E-state index in [4.69, 9.17) is 9.15 Å². The van der Waals surface area contributed by atoms with Crippen LogP contribution >= 0.6 is 0 Å². The fraction of sp³-hybridized carbons (Fsp3) is 0.433. The van der Waals surface area contributed by atoms with Gasteiger partial charge in [0, 0.05) is 26.7 Å². The smallest absolute Gasteiger partial charge is 0.257 e. The van der Waals surface area contributed by atoms with Crippen LogP contribution in [0.3, 0.4) is 0 Å². The fourth-order valence-electron chi connectivity index (χ4n) is 5.20. The van der Waals surface area contributed by atoms with Crippen LogP contribution in [-0.4, -0.2) is 62.2 Å². The molecule has 1 aliphatic heterocycles. The molecule has 2 aromatic carbocycles. The van der Waals surface area contributed by atoms with Crippen LogP contribution in [0, 0.1) is 13.8 Å². The molecule has 39 heavy (non-hydrogen) atoms. The van der Waals surface area contributed by atoms with E-state index in [1.165, 1.54) is 29.0 Å². The molecule has 0 aliphatic carbocycles. The first-order valence-corrected chi connectivity index (χ1v) is 14.8. The topological polar surface area (TPSA) is 83.3 Å². The molecule has 1 saturated heterocycles. The molecule has 9 heteroatoms. The first-order chi connectivity index (χ1) is 18.6. The number of methoxy groups -OCH3 is 1. The number of sulfonamides is 1. The molecule has 0 spiro atoms. The standard InChI is InChI=1S/C30H39N3O5S/c1-6-33(39(35,36)29-22(2)15-27(37-5)16-23(29)3)20-28-17-26(21-38-28)30(34)31(4)18-24-9-11-25(12-10-24)19-32-13-7-8-14-32/h9-12,15-17,21H,6-8,13-14,18-20H2,1-5H3. The maximum atomic E-state index is 13.5. The lowest BCUT2D eigenvalue weighted by Gasteiger charge is -2.22. The highest BCUT2D eigenvalue weighted by molar-refractivity contribution is 7.89. The molecular weight excluding hydrogens is 514 g/mol. The average molecular weight is 554 g/mol. The Balaban J connectivity index is 1.41. The number of amides is 1. The van der Waals surface area contributed by atoms with Crippen LogP contribution in [0.15, 0.2) is 58.0 Å². The first-order valence-electron chi connectivity index (χ1n) is 13.4. The van der Waals surface area contributed by atoms with Crippen molar-refractivity contribution in [2.75, 3.05) is 33.8 Å². The zero-order valence-corrected chi connectivity index (χ0v) is 24.4. The van der Waals surface area contributed by atoms with Crippen molar-refractivity contribution in [2.45, 2.75) is 58.1 Å². The highest BCUT2D eigenvalue weighted by Gasteiger charge is 2.28. The zero-order chi connectivity index (χ0) is 28.2. The maximum absolute atomic E-state index is 13.5. The summed E-state index contributed by atoms with van der Waals surface area (Å²) in [6, 6.07) is 13.5. The van der Waals surface area contributed by atoms with E-state index in [-0.39, 0.29) is 23.9 Å². The van der Waals surface area contributed by atoms with E-state index in [1.807, 2.05) is 0 Å². The van der Waals surface area contributed by atoms with Gasteiger partial charge in [-0.3, -0.25) is 9.69 Å². The van der Waals surface area contributed by atoms with Gasteiger partial charge in [0.15, 0.2) is 0 Å². The average Bonchev–Trinajstić information content (AvgIpc) is 3.59. The lowest BCUT2D eigenvalue weighted by atomic mass is 10.1. The summed E-state index contributed by atoms with van der Waals surface area (Å²) in [5.41, 5.74) is 3.96. The van der Waals surface area contributed by atoms with E-state index in [0.717, 1.165) is 25.2 Å². The summed E-state index contributed by atoms with van der Waals surface area (Å²) in [6.07, 6.45) is 3.95. The van der Waals surface area contributed by atoms with Crippen molar-refractivity contribution in [1.82, 2.24) is 14.1 Å². The molecular formula is C30H39N3O5S. The maximum Gasteiger partial charge on any atom is 0.257 e. The Morgan fingerprint density at radius 2 is 1.62 bits per heavy atom. The van der Waals surface area contributed by atoms with Crippen molar-refractivity contribution in [1.29, 1.82) is 0 Å². The number of likely N-dealkylation sites (tertiary alicyclic amines) is 1. The number of hydrogen-bond acceptors (Lipinski definition) is 6. The lowest BCUT2D eigenvalue weighted by molar-refractivity contribution is 0.0784. The Hall–Kier alpha value is -3.14. The van der Waals surface area contributed by atoms with Gasteiger partial charge in [0.2, 0.25) is 10.0 Å². The number of nitrogens with zero attached hydrogens (tertiary/aromatic N) is 3. The van der Waals surface area contributed by atoms with Crippen LogP contribution < -0.4 is 4.74 Å². The number of aryl methyl sites for hydroxylation is 2. The summed E-state index contributed by atoms with van der Waals surface area (Å²) < 4.78 is 39.4. The minimum absolute atomic E-state index is 0.0270. The predicted octanol–water partition coefficient (Wildman–Crippen LogP) is 4.98. The molecule has 0 saturated carbocycles. The van der Waals surface area contributed by atoms with Crippen molar-refractivity contribution < 1.29 is 22.4 Å². The van der Waals surface area contributed by atoms with E-state index in [1.54, 1.807) is 58.0 Å². The van der Waals surface area contributed by atoms with E-state index < -0.39 is 10.0 Å². The third kappa shape index (κ3) is 6.72. The van der Waals surface area contributed by atoms with Gasteiger partial charge in [-0.25, -0.2) is 8.42 Å². The van der Waals surface area contributed by atoms with Crippen molar-refractivity contribution in [2.24, 2.45) is 0 Å². The molecule has 0 bridgehead atoms. The van der Waals surface area contributed by atoms with Crippen molar-refractivity contribution >= 4 is 15.9 Å². The summed E-state index contributed by atoms with van der Waals surface area (Å²) in [5, 5.41) is 0. The van der Waals surface area contributed by atoms with Crippen molar-refractivity contribution in [3.63, 3.8) is 0 Å². The predicted molar refractivity (Wildman–Crippen MR) is 151 cm³/mol. The summed E-state index contributed by atoms with van der Waals surface area (Å²) in [6.45, 7) is 9.34. The molecule has 1 aromatic heterocycles. The minimum atomic E-state index is -3.80. The Morgan fingerprint density at radius 1 is 1.00 bits per heavy atom. The fourth-order valence-corrected chi connectivity index (χ4v) is 7.02. The van der Waals surface area contributed by atoms with Gasteiger partial charge in [-0.05, 0) is 80.2 Å². The highest BCUT2D eigenvalue weighted by Crippen LogP contribution is 2.29. The molecule has 2 heterocycles. The van der Waals surface area contributed by atoms with Crippen LogP contribution in [-0.2, 0) is 29.7 Å². The van der Waals surface area contributed by atoms with Crippen LogP contribution in [0.2, 0.25) is 0 Å². The highest BCUT2D eigenvalue weighted by atomic mass is 32.2. The number of carbonyl (C=O) groups is 1. The molecule has 1 fully saturated rings. The molecule has 0 N–H and O–H groups in total. The summed E-state index contributed by atoms with van der Waals surface area (Å²) in [4.78, 5) is 17.5. The van der Waals surface area contributed by atoms with Gasteiger partial charge in [0.05, 0.1) is 24.1 Å². The van der Waals surface area contributed by atoms with Gasteiger partial charge in [-0.15, -0.1) is 0 Å². The number of ether oxygens (including phenoxy) is 1. The minimum Gasteiger partial charge on any atom is -0.497 e. The second kappa shape index (κ2) is 12.4. The monoisotopic (exact) mass is 553 g/mol. The quantitative estimate of drug-likeness (QED) is 0.333. The summed E-state index contributed by atoms with van der Waals surface area (Å²) >= 11 is 0. The van der Waals surface area contributed by atoms with Crippen molar-refractivity contribution in [3.8, 4) is 5.75 Å². The molecule has 1 aliphatic rings. The van der Waals surface area contributed by atoms with Gasteiger partial charge >= 0.3 is 0 Å². The summed E-state index contributed by atoms with van der Waals surface area (Å²) in [7, 11) is -0.485. The van der Waals surface area contributed by atoms with Crippen LogP contribution in [0.4, 0.5) is 0 Å². The Labute approximate surface area is 232 Å². The Bertz CT molecular complexity index is 1370. The SMILES string of the molecule is CCN(Cc1cc(C(=O)N(C)Cc2ccc(CN3CCCC3)cc2)co1)S(=O)(=O)c1c(C)cc(OC)cc1C. The van der Waals surface area contributed by atoms with Gasteiger partial charge < -0.3 is 14.1 Å². The summed E-state index contributed by atoms with van der Waals surface area (Å²) in [5.74, 6) is 0.842. The number of hydrogen-bond donors (Lipinski definition) is 0. The number of carbonyl (C=O) groups excluding carboxylic acids is 1. The normalized spacial score (nSPS) is 14.2. The molecule has 3 aromatic rings. The van der Waals surface area contributed by atoms with Crippen LogP contribution in [0.5, 0.6) is 5.75 Å². The first kappa shape index (κ1) is 28.9. The Kier molecular flexibility index (Phi) is 9.15.